The Kier molecular flexibility index (Phi) is 2.68. The summed E-state index contributed by atoms with van der Waals surface area (Å²) in [5.74, 6) is 0.591. The lowest BCUT2D eigenvalue weighted by atomic mass is 9.98. The number of rotatable bonds is 3. The van der Waals surface area contributed by atoms with Crippen molar-refractivity contribution in [1.29, 1.82) is 5.26 Å². The van der Waals surface area contributed by atoms with E-state index in [1.807, 2.05) is 0 Å². The molecule has 0 radical (unpaired) electrons. The van der Waals surface area contributed by atoms with E-state index in [9.17, 15) is 4.79 Å². The van der Waals surface area contributed by atoms with Gasteiger partial charge in [-0.1, -0.05) is 12.8 Å². The van der Waals surface area contributed by atoms with Crippen molar-refractivity contribution in [2.24, 2.45) is 11.3 Å². The van der Waals surface area contributed by atoms with Crippen LogP contribution >= 0.6 is 0 Å². The quantitative estimate of drug-likeness (QED) is 0.767. The van der Waals surface area contributed by atoms with Gasteiger partial charge in [-0.2, -0.15) is 5.26 Å². The van der Waals surface area contributed by atoms with Gasteiger partial charge in [-0.25, -0.2) is 0 Å². The largest absolute Gasteiger partial charge is 0.352 e. The lowest BCUT2D eigenvalue weighted by Crippen LogP contribution is -2.41. The molecule has 0 bridgehead atoms. The monoisotopic (exact) mass is 206 g/mol. The molecule has 0 aromatic carbocycles. The van der Waals surface area contributed by atoms with Gasteiger partial charge in [0.15, 0.2) is 0 Å². The molecule has 1 unspecified atom stereocenters. The zero-order valence-electron chi connectivity index (χ0n) is 9.25. The zero-order valence-corrected chi connectivity index (χ0v) is 9.25. The molecule has 82 valence electrons. The average molecular weight is 206 g/mol. The number of nitriles is 1. The summed E-state index contributed by atoms with van der Waals surface area (Å²) < 4.78 is 0. The van der Waals surface area contributed by atoms with Crippen LogP contribution in [0.15, 0.2) is 0 Å². The van der Waals surface area contributed by atoms with E-state index in [2.05, 4.69) is 18.3 Å². The molecule has 0 aromatic rings. The highest BCUT2D eigenvalue weighted by Gasteiger charge is 2.51. The van der Waals surface area contributed by atoms with Gasteiger partial charge in [-0.15, -0.1) is 0 Å². The summed E-state index contributed by atoms with van der Waals surface area (Å²) in [6.45, 7) is 2.07. The van der Waals surface area contributed by atoms with E-state index in [1.54, 1.807) is 0 Å². The zero-order chi connectivity index (χ0) is 10.9. The summed E-state index contributed by atoms with van der Waals surface area (Å²) >= 11 is 0. The smallest absolute Gasteiger partial charge is 0.240 e. The van der Waals surface area contributed by atoms with Crippen LogP contribution in [0.1, 0.15) is 45.4 Å². The van der Waals surface area contributed by atoms with Crippen LogP contribution in [0.2, 0.25) is 0 Å². The Hall–Kier alpha value is -1.04. The van der Waals surface area contributed by atoms with E-state index in [4.69, 9.17) is 5.26 Å². The summed E-state index contributed by atoms with van der Waals surface area (Å²) in [5, 5.41) is 11.9. The fourth-order valence-electron chi connectivity index (χ4n) is 2.43. The Bertz CT molecular complexity index is 295. The first-order valence-electron chi connectivity index (χ1n) is 5.90. The number of carbonyl (C=O) groups is 1. The van der Waals surface area contributed by atoms with Gasteiger partial charge in [0.25, 0.3) is 0 Å². The number of nitrogens with one attached hydrogen (secondary N) is 1. The van der Waals surface area contributed by atoms with Crippen LogP contribution in [-0.2, 0) is 4.79 Å². The normalized spacial score (nSPS) is 25.6. The molecule has 2 fully saturated rings. The highest BCUT2D eigenvalue weighted by molar-refractivity contribution is 5.88. The molecule has 0 saturated heterocycles. The van der Waals surface area contributed by atoms with Gasteiger partial charge in [0.1, 0.15) is 5.41 Å². The molecular formula is C12H18N2O. The summed E-state index contributed by atoms with van der Waals surface area (Å²) in [4.78, 5) is 11.8. The summed E-state index contributed by atoms with van der Waals surface area (Å²) in [7, 11) is 0. The van der Waals surface area contributed by atoms with Crippen molar-refractivity contribution in [2.75, 3.05) is 0 Å². The minimum atomic E-state index is -0.660. The maximum Gasteiger partial charge on any atom is 0.240 e. The van der Waals surface area contributed by atoms with E-state index >= 15 is 0 Å². The third-order valence-electron chi connectivity index (χ3n) is 3.86. The van der Waals surface area contributed by atoms with E-state index < -0.39 is 5.41 Å². The van der Waals surface area contributed by atoms with Gasteiger partial charge in [0.2, 0.25) is 5.91 Å². The van der Waals surface area contributed by atoms with Crippen molar-refractivity contribution >= 4 is 5.91 Å². The lowest BCUT2D eigenvalue weighted by molar-refractivity contribution is -0.125. The molecule has 2 saturated carbocycles. The highest BCUT2D eigenvalue weighted by Crippen LogP contribution is 2.45. The third kappa shape index (κ3) is 1.99. The maximum atomic E-state index is 11.8. The number of hydrogen-bond donors (Lipinski definition) is 1. The first-order chi connectivity index (χ1) is 7.18. The fourth-order valence-corrected chi connectivity index (χ4v) is 2.43. The van der Waals surface area contributed by atoms with Crippen LogP contribution in [0.25, 0.3) is 0 Å². The Balaban J connectivity index is 1.86. The van der Waals surface area contributed by atoms with E-state index in [0.717, 1.165) is 12.8 Å². The van der Waals surface area contributed by atoms with E-state index in [0.29, 0.717) is 5.92 Å². The number of carbonyl (C=O) groups excluding carboxylic acids is 1. The number of hydrogen-bond acceptors (Lipinski definition) is 2. The molecule has 3 nitrogen and oxygen atoms in total. The summed E-state index contributed by atoms with van der Waals surface area (Å²) in [5.41, 5.74) is -0.660. The number of nitrogens with zero attached hydrogens (tertiary/aromatic N) is 1. The molecule has 2 aliphatic rings. The van der Waals surface area contributed by atoms with Crippen molar-refractivity contribution in [3.63, 3.8) is 0 Å². The Morgan fingerprint density at radius 3 is 2.53 bits per heavy atom. The van der Waals surface area contributed by atoms with Crippen LogP contribution in [0.3, 0.4) is 0 Å². The second kappa shape index (κ2) is 3.84. The van der Waals surface area contributed by atoms with Gasteiger partial charge in [0.05, 0.1) is 6.07 Å². The second-order valence-electron chi connectivity index (χ2n) is 5.00. The van der Waals surface area contributed by atoms with Crippen molar-refractivity contribution in [2.45, 2.75) is 51.5 Å². The summed E-state index contributed by atoms with van der Waals surface area (Å²) in [6, 6.07) is 2.38. The first kappa shape index (κ1) is 10.5. The second-order valence-corrected chi connectivity index (χ2v) is 5.00. The minimum Gasteiger partial charge on any atom is -0.352 e. The number of amides is 1. The van der Waals surface area contributed by atoms with E-state index in [-0.39, 0.29) is 11.9 Å². The fraction of sp³-hybridized carbons (Fsp3) is 0.833. The van der Waals surface area contributed by atoms with Gasteiger partial charge in [-0.05, 0) is 38.5 Å². The minimum absolute atomic E-state index is 0.0376. The average Bonchev–Trinajstić information content (AvgIpc) is 2.84. The molecule has 1 amide bonds. The van der Waals surface area contributed by atoms with Crippen LogP contribution < -0.4 is 5.32 Å². The van der Waals surface area contributed by atoms with Gasteiger partial charge in [-0.3, -0.25) is 4.79 Å². The van der Waals surface area contributed by atoms with Crippen molar-refractivity contribution in [1.82, 2.24) is 5.32 Å². The van der Waals surface area contributed by atoms with Gasteiger partial charge >= 0.3 is 0 Å². The molecule has 2 aliphatic carbocycles. The van der Waals surface area contributed by atoms with Crippen molar-refractivity contribution < 1.29 is 4.79 Å². The molecule has 0 heterocycles. The molecular weight excluding hydrogens is 188 g/mol. The molecule has 2 rings (SSSR count). The van der Waals surface area contributed by atoms with Gasteiger partial charge in [0, 0.05) is 6.04 Å². The maximum absolute atomic E-state index is 11.8. The topological polar surface area (TPSA) is 52.9 Å². The predicted octanol–water partition coefficient (Wildman–Crippen LogP) is 1.99. The third-order valence-corrected chi connectivity index (χ3v) is 3.86. The van der Waals surface area contributed by atoms with Crippen molar-refractivity contribution in [3.05, 3.63) is 0 Å². The predicted molar refractivity (Wildman–Crippen MR) is 56.8 cm³/mol. The molecule has 1 N–H and O–H groups in total. The highest BCUT2D eigenvalue weighted by atomic mass is 16.2. The summed E-state index contributed by atoms with van der Waals surface area (Å²) in [6.07, 6.45) is 6.50. The molecule has 0 spiro atoms. The van der Waals surface area contributed by atoms with E-state index in [1.165, 1.54) is 25.7 Å². The van der Waals surface area contributed by atoms with Crippen LogP contribution in [-0.4, -0.2) is 11.9 Å². The SMILES string of the molecule is CC(NC(=O)C1(C#N)CC1)C1CCCC1. The lowest BCUT2D eigenvalue weighted by Gasteiger charge is -2.21. The molecule has 15 heavy (non-hydrogen) atoms. The molecule has 3 heteroatoms. The first-order valence-corrected chi connectivity index (χ1v) is 5.90. The van der Waals surface area contributed by atoms with Gasteiger partial charge < -0.3 is 5.32 Å². The Morgan fingerprint density at radius 1 is 1.47 bits per heavy atom. The standard InChI is InChI=1S/C12H18N2O/c1-9(10-4-2-3-5-10)14-11(15)12(8-13)6-7-12/h9-10H,2-7H2,1H3,(H,14,15). The van der Waals surface area contributed by atoms with Crippen molar-refractivity contribution in [3.8, 4) is 6.07 Å². The van der Waals surface area contributed by atoms with Crippen LogP contribution in [0.5, 0.6) is 0 Å². The Labute approximate surface area is 90.8 Å². The van der Waals surface area contributed by atoms with Crippen LogP contribution in [0.4, 0.5) is 0 Å². The molecule has 1 atom stereocenters. The van der Waals surface area contributed by atoms with Crippen LogP contribution in [0, 0.1) is 22.7 Å². The Morgan fingerprint density at radius 2 is 2.07 bits per heavy atom. The molecule has 0 aliphatic heterocycles. The molecule has 0 aromatic heterocycles.